The summed E-state index contributed by atoms with van der Waals surface area (Å²) in [5.41, 5.74) is 2.68. The van der Waals surface area contributed by atoms with Crippen LogP contribution in [0.15, 0.2) is 35.1 Å². The number of fused-ring (bicyclic) bond motifs is 1. The van der Waals surface area contributed by atoms with E-state index in [0.29, 0.717) is 22.7 Å². The number of H-pyrrole nitrogens is 1. The first-order valence-electron chi connectivity index (χ1n) is 5.14. The summed E-state index contributed by atoms with van der Waals surface area (Å²) in [6.45, 7) is 0. The quantitative estimate of drug-likeness (QED) is 0.749. The van der Waals surface area contributed by atoms with Crippen molar-refractivity contribution in [1.29, 1.82) is 5.26 Å². The normalized spacial score (nSPS) is 10.4. The van der Waals surface area contributed by atoms with Gasteiger partial charge in [-0.2, -0.15) is 5.26 Å². The summed E-state index contributed by atoms with van der Waals surface area (Å²) in [6.07, 6.45) is 3.21. The molecule has 0 spiro atoms. The zero-order chi connectivity index (χ0) is 12.5. The number of halogens is 1. The van der Waals surface area contributed by atoms with Gasteiger partial charge in [0.25, 0.3) is 0 Å². The summed E-state index contributed by atoms with van der Waals surface area (Å²) in [5.74, 6) is 0.639. The molecule has 0 atom stereocenters. The van der Waals surface area contributed by atoms with Gasteiger partial charge in [0.15, 0.2) is 11.5 Å². The maximum atomic E-state index is 8.72. The van der Waals surface area contributed by atoms with Crippen molar-refractivity contribution in [2.24, 2.45) is 0 Å². The van der Waals surface area contributed by atoms with Crippen LogP contribution in [0.1, 0.15) is 5.56 Å². The molecule has 86 valence electrons. The molecule has 0 aromatic carbocycles. The number of rotatable bonds is 1. The van der Waals surface area contributed by atoms with Gasteiger partial charge in [-0.25, -0.2) is 9.97 Å². The summed E-state index contributed by atoms with van der Waals surface area (Å²) in [5, 5.41) is 8.72. The lowest BCUT2D eigenvalue weighted by Gasteiger charge is -1.94. The molecule has 18 heavy (non-hydrogen) atoms. The topological polar surface area (TPSA) is 78.2 Å². The molecule has 0 bridgehead atoms. The zero-order valence-electron chi connectivity index (χ0n) is 9.05. The highest BCUT2D eigenvalue weighted by molar-refractivity contribution is 9.10. The van der Waals surface area contributed by atoms with Gasteiger partial charge >= 0.3 is 0 Å². The van der Waals surface area contributed by atoms with Crippen LogP contribution in [-0.4, -0.2) is 19.9 Å². The SMILES string of the molecule is N#Cc1ccc(-c2nc3ncc(Br)cc3[nH]2)nc1. The van der Waals surface area contributed by atoms with Crippen molar-refractivity contribution >= 4 is 27.1 Å². The van der Waals surface area contributed by atoms with Crippen LogP contribution in [0.3, 0.4) is 0 Å². The third-order valence-electron chi connectivity index (χ3n) is 2.44. The molecule has 3 rings (SSSR count). The molecule has 0 aliphatic rings. The van der Waals surface area contributed by atoms with E-state index in [9.17, 15) is 0 Å². The molecule has 5 nitrogen and oxygen atoms in total. The summed E-state index contributed by atoms with van der Waals surface area (Å²) in [6, 6.07) is 7.40. The van der Waals surface area contributed by atoms with Crippen LogP contribution < -0.4 is 0 Å². The molecule has 0 fully saturated rings. The van der Waals surface area contributed by atoms with Gasteiger partial charge in [-0.3, -0.25) is 4.98 Å². The van der Waals surface area contributed by atoms with E-state index in [1.807, 2.05) is 12.1 Å². The molecule has 0 aliphatic carbocycles. The van der Waals surface area contributed by atoms with E-state index in [0.717, 1.165) is 9.99 Å². The summed E-state index contributed by atoms with van der Waals surface area (Å²) < 4.78 is 0.887. The van der Waals surface area contributed by atoms with Crippen molar-refractivity contribution in [2.45, 2.75) is 0 Å². The summed E-state index contributed by atoms with van der Waals surface area (Å²) in [7, 11) is 0. The van der Waals surface area contributed by atoms with Crippen LogP contribution in [0.2, 0.25) is 0 Å². The lowest BCUT2D eigenvalue weighted by molar-refractivity contribution is 1.22. The lowest BCUT2D eigenvalue weighted by atomic mass is 10.2. The largest absolute Gasteiger partial charge is 0.335 e. The first kappa shape index (κ1) is 10.9. The van der Waals surface area contributed by atoms with Crippen molar-refractivity contribution < 1.29 is 0 Å². The number of aromatic amines is 1. The Kier molecular flexibility index (Phi) is 2.54. The van der Waals surface area contributed by atoms with Crippen LogP contribution in [-0.2, 0) is 0 Å². The Morgan fingerprint density at radius 2 is 2.11 bits per heavy atom. The highest BCUT2D eigenvalue weighted by Crippen LogP contribution is 2.20. The van der Waals surface area contributed by atoms with Gasteiger partial charge in [0.05, 0.1) is 11.1 Å². The third kappa shape index (κ3) is 1.85. The van der Waals surface area contributed by atoms with Crippen LogP contribution in [0.5, 0.6) is 0 Å². The zero-order valence-corrected chi connectivity index (χ0v) is 10.6. The third-order valence-corrected chi connectivity index (χ3v) is 2.87. The smallest absolute Gasteiger partial charge is 0.178 e. The molecule has 0 unspecified atom stereocenters. The van der Waals surface area contributed by atoms with Crippen molar-refractivity contribution in [3.8, 4) is 17.6 Å². The van der Waals surface area contributed by atoms with Gasteiger partial charge in [0.1, 0.15) is 11.8 Å². The van der Waals surface area contributed by atoms with E-state index in [4.69, 9.17) is 5.26 Å². The minimum absolute atomic E-state index is 0.524. The number of aromatic nitrogens is 4. The Morgan fingerprint density at radius 1 is 1.22 bits per heavy atom. The molecule has 1 N–H and O–H groups in total. The Hall–Kier alpha value is -2.26. The van der Waals surface area contributed by atoms with Gasteiger partial charge in [-0.15, -0.1) is 0 Å². The minimum atomic E-state index is 0.524. The second-order valence-corrected chi connectivity index (χ2v) is 4.57. The van der Waals surface area contributed by atoms with Gasteiger partial charge in [0.2, 0.25) is 0 Å². The molecular formula is C12H6BrN5. The maximum absolute atomic E-state index is 8.72. The Labute approximate surface area is 111 Å². The summed E-state index contributed by atoms with van der Waals surface area (Å²) in [4.78, 5) is 15.9. The predicted molar refractivity (Wildman–Crippen MR) is 69.5 cm³/mol. The average Bonchev–Trinajstić information content (AvgIpc) is 2.81. The van der Waals surface area contributed by atoms with Crippen LogP contribution in [0, 0.1) is 11.3 Å². The number of hydrogen-bond acceptors (Lipinski definition) is 4. The van der Waals surface area contributed by atoms with Crippen LogP contribution in [0.25, 0.3) is 22.7 Å². The Bertz CT molecular complexity index is 754. The highest BCUT2D eigenvalue weighted by atomic mass is 79.9. The monoisotopic (exact) mass is 299 g/mol. The Balaban J connectivity index is 2.10. The fraction of sp³-hybridized carbons (Fsp3) is 0. The van der Waals surface area contributed by atoms with Crippen LogP contribution in [0.4, 0.5) is 0 Å². The van der Waals surface area contributed by atoms with Crippen molar-refractivity contribution in [3.63, 3.8) is 0 Å². The van der Waals surface area contributed by atoms with E-state index < -0.39 is 0 Å². The first-order valence-corrected chi connectivity index (χ1v) is 5.93. The van der Waals surface area contributed by atoms with Gasteiger partial charge in [-0.05, 0) is 34.1 Å². The molecule has 0 saturated carbocycles. The van der Waals surface area contributed by atoms with E-state index in [1.165, 1.54) is 6.20 Å². The lowest BCUT2D eigenvalue weighted by Crippen LogP contribution is -1.86. The molecule has 3 aromatic heterocycles. The number of nitrogens with zero attached hydrogens (tertiary/aromatic N) is 4. The summed E-state index contributed by atoms with van der Waals surface area (Å²) >= 11 is 3.35. The second kappa shape index (κ2) is 4.20. The van der Waals surface area contributed by atoms with E-state index in [1.54, 1.807) is 18.3 Å². The molecule has 0 amide bonds. The van der Waals surface area contributed by atoms with Crippen molar-refractivity contribution in [3.05, 3.63) is 40.6 Å². The fourth-order valence-electron chi connectivity index (χ4n) is 1.60. The van der Waals surface area contributed by atoms with E-state index in [-0.39, 0.29) is 0 Å². The Morgan fingerprint density at radius 3 is 2.83 bits per heavy atom. The van der Waals surface area contributed by atoms with Crippen LogP contribution >= 0.6 is 15.9 Å². The van der Waals surface area contributed by atoms with Gasteiger partial charge in [-0.1, -0.05) is 0 Å². The van der Waals surface area contributed by atoms with Crippen molar-refractivity contribution in [1.82, 2.24) is 19.9 Å². The predicted octanol–water partition coefficient (Wildman–Crippen LogP) is 2.65. The van der Waals surface area contributed by atoms with E-state index in [2.05, 4.69) is 35.9 Å². The number of hydrogen-bond donors (Lipinski definition) is 1. The molecule has 0 radical (unpaired) electrons. The molecule has 3 heterocycles. The average molecular weight is 300 g/mol. The minimum Gasteiger partial charge on any atom is -0.335 e. The highest BCUT2D eigenvalue weighted by Gasteiger charge is 2.07. The molecular weight excluding hydrogens is 294 g/mol. The molecule has 0 aliphatic heterocycles. The molecule has 6 heteroatoms. The number of pyridine rings is 2. The second-order valence-electron chi connectivity index (χ2n) is 3.65. The standard InChI is InChI=1S/C12H6BrN5/c13-8-3-10-11(16-6-8)18-12(17-10)9-2-1-7(4-14)5-15-9/h1-3,5-6H,(H,16,17,18). The number of nitrogens with one attached hydrogen (secondary N) is 1. The maximum Gasteiger partial charge on any atom is 0.178 e. The first-order chi connectivity index (χ1) is 8.76. The number of nitriles is 1. The van der Waals surface area contributed by atoms with Gasteiger partial charge < -0.3 is 4.98 Å². The molecule has 3 aromatic rings. The van der Waals surface area contributed by atoms with E-state index >= 15 is 0 Å². The van der Waals surface area contributed by atoms with Gasteiger partial charge in [0, 0.05) is 16.9 Å². The fourth-order valence-corrected chi connectivity index (χ4v) is 1.93. The number of imidazole rings is 1. The van der Waals surface area contributed by atoms with Crippen molar-refractivity contribution in [2.75, 3.05) is 0 Å². The molecule has 0 saturated heterocycles.